The zero-order valence-electron chi connectivity index (χ0n) is 13.9. The van der Waals surface area contributed by atoms with Gasteiger partial charge in [0.25, 0.3) is 5.91 Å². The summed E-state index contributed by atoms with van der Waals surface area (Å²) in [4.78, 5) is 47.4. The number of fused-ring (bicyclic) bond motifs is 3. The van der Waals surface area contributed by atoms with Gasteiger partial charge in [0, 0.05) is 22.3 Å². The van der Waals surface area contributed by atoms with Crippen LogP contribution in [0.3, 0.4) is 0 Å². The molecule has 0 radical (unpaired) electrons. The smallest absolute Gasteiger partial charge is 0.252 e. The Bertz CT molecular complexity index is 935. The van der Waals surface area contributed by atoms with Crippen molar-refractivity contribution >= 4 is 23.6 Å². The first-order chi connectivity index (χ1) is 12.4. The van der Waals surface area contributed by atoms with Crippen LogP contribution in [0.25, 0.3) is 11.1 Å². The van der Waals surface area contributed by atoms with Crippen LogP contribution < -0.4 is 15.7 Å². The summed E-state index contributed by atoms with van der Waals surface area (Å²) in [5.74, 6) is -2.74. The van der Waals surface area contributed by atoms with Gasteiger partial charge in [-0.15, -0.1) is 0 Å². The highest BCUT2D eigenvalue weighted by atomic mass is 16.4. The van der Waals surface area contributed by atoms with Crippen molar-refractivity contribution in [3.05, 3.63) is 59.2 Å². The Balaban J connectivity index is 1.86. The monoisotopic (exact) mass is 351 g/mol. The van der Waals surface area contributed by atoms with Gasteiger partial charge in [0.15, 0.2) is 5.78 Å². The second kappa shape index (κ2) is 6.79. The highest BCUT2D eigenvalue weighted by Gasteiger charge is 2.30. The second-order valence-corrected chi connectivity index (χ2v) is 5.89. The minimum atomic E-state index is -1.42. The van der Waals surface area contributed by atoms with Crippen molar-refractivity contribution in [3.63, 3.8) is 0 Å². The number of carboxylic acids is 1. The molecule has 0 spiro atoms. The molecule has 0 aromatic heterocycles. The summed E-state index contributed by atoms with van der Waals surface area (Å²) < 4.78 is 0. The lowest BCUT2D eigenvalue weighted by Crippen LogP contribution is -2.48. The molecule has 7 heteroatoms. The number of carbonyl (C=O) groups excluding carboxylic acids is 4. The van der Waals surface area contributed by atoms with Gasteiger partial charge in [-0.3, -0.25) is 14.4 Å². The molecule has 132 valence electrons. The lowest BCUT2D eigenvalue weighted by Gasteiger charge is -2.16. The molecule has 1 aliphatic rings. The van der Waals surface area contributed by atoms with Crippen LogP contribution in [-0.2, 0) is 9.59 Å². The molecule has 0 fully saturated rings. The first-order valence-electron chi connectivity index (χ1n) is 7.95. The molecule has 0 aliphatic heterocycles. The van der Waals surface area contributed by atoms with E-state index in [1.165, 1.54) is 6.92 Å². The number of aliphatic carboxylic acids is 1. The molecular formula is C19H15N2O5-. The standard InChI is InChI=1S/C19H16N2O5/c1-10(18(25)20-9-15(22)23)21-19(26)14-8-4-7-13-16(14)11-5-2-3-6-12(11)17(13)24/h2-8,10H,9H2,1H3,(H,20,25)(H,21,26)(H,22,23)/p-1/t10-/m0/s1. The van der Waals surface area contributed by atoms with E-state index in [-0.39, 0.29) is 11.3 Å². The lowest BCUT2D eigenvalue weighted by molar-refractivity contribution is -0.304. The summed E-state index contributed by atoms with van der Waals surface area (Å²) >= 11 is 0. The number of amides is 2. The Labute approximate surface area is 149 Å². The van der Waals surface area contributed by atoms with E-state index in [4.69, 9.17) is 0 Å². The molecule has 2 aromatic carbocycles. The first kappa shape index (κ1) is 17.3. The lowest BCUT2D eigenvalue weighted by atomic mass is 9.98. The number of rotatable bonds is 5. The molecular weight excluding hydrogens is 336 g/mol. The summed E-state index contributed by atoms with van der Waals surface area (Å²) in [5, 5.41) is 15.1. The maximum atomic E-state index is 12.6. The molecule has 0 saturated carbocycles. The van der Waals surface area contributed by atoms with Gasteiger partial charge >= 0.3 is 0 Å². The Morgan fingerprint density at radius 2 is 1.65 bits per heavy atom. The first-order valence-corrected chi connectivity index (χ1v) is 7.95. The van der Waals surface area contributed by atoms with Gasteiger partial charge < -0.3 is 20.5 Å². The minimum Gasteiger partial charge on any atom is -0.548 e. The van der Waals surface area contributed by atoms with Crippen LogP contribution in [-0.4, -0.2) is 36.2 Å². The minimum absolute atomic E-state index is 0.148. The van der Waals surface area contributed by atoms with Crippen molar-refractivity contribution in [2.45, 2.75) is 13.0 Å². The molecule has 1 aliphatic carbocycles. The Kier molecular flexibility index (Phi) is 4.53. The van der Waals surface area contributed by atoms with Crippen molar-refractivity contribution in [2.24, 2.45) is 0 Å². The number of hydrogen-bond donors (Lipinski definition) is 2. The van der Waals surface area contributed by atoms with E-state index in [2.05, 4.69) is 10.6 Å². The third-order valence-electron chi connectivity index (χ3n) is 4.14. The predicted molar refractivity (Wildman–Crippen MR) is 90.3 cm³/mol. The molecule has 0 unspecified atom stereocenters. The van der Waals surface area contributed by atoms with E-state index in [1.54, 1.807) is 42.5 Å². The van der Waals surface area contributed by atoms with Crippen LogP contribution in [0.5, 0.6) is 0 Å². The Hall–Kier alpha value is -3.48. The van der Waals surface area contributed by atoms with Crippen molar-refractivity contribution in [2.75, 3.05) is 6.54 Å². The van der Waals surface area contributed by atoms with Crippen LogP contribution in [0, 0.1) is 0 Å². The van der Waals surface area contributed by atoms with Crippen LogP contribution in [0.1, 0.15) is 33.2 Å². The van der Waals surface area contributed by atoms with Crippen molar-refractivity contribution in [1.82, 2.24) is 10.6 Å². The van der Waals surface area contributed by atoms with Crippen LogP contribution >= 0.6 is 0 Å². The molecule has 0 bridgehead atoms. The number of ketones is 1. The number of carboxylic acid groups (broad SMARTS) is 1. The largest absolute Gasteiger partial charge is 0.548 e. The third-order valence-corrected chi connectivity index (χ3v) is 4.14. The molecule has 26 heavy (non-hydrogen) atoms. The van der Waals surface area contributed by atoms with Gasteiger partial charge in [0.05, 0.1) is 12.5 Å². The molecule has 2 N–H and O–H groups in total. The number of hydrogen-bond acceptors (Lipinski definition) is 5. The van der Waals surface area contributed by atoms with Crippen molar-refractivity contribution in [3.8, 4) is 11.1 Å². The normalized spacial score (nSPS) is 12.7. The van der Waals surface area contributed by atoms with Gasteiger partial charge in [0.1, 0.15) is 6.04 Å². The topological polar surface area (TPSA) is 115 Å². The molecule has 7 nitrogen and oxygen atoms in total. The van der Waals surface area contributed by atoms with Crippen molar-refractivity contribution < 1.29 is 24.3 Å². The molecule has 0 saturated heterocycles. The van der Waals surface area contributed by atoms with E-state index >= 15 is 0 Å². The number of carbonyl (C=O) groups is 4. The predicted octanol–water partition coefficient (Wildman–Crippen LogP) is -0.118. The van der Waals surface area contributed by atoms with Gasteiger partial charge in [-0.25, -0.2) is 0 Å². The third kappa shape index (κ3) is 3.06. The van der Waals surface area contributed by atoms with Gasteiger partial charge in [-0.05, 0) is 18.6 Å². The quantitative estimate of drug-likeness (QED) is 0.665. The molecule has 1 atom stereocenters. The van der Waals surface area contributed by atoms with Gasteiger partial charge in [0.2, 0.25) is 5.91 Å². The summed E-state index contributed by atoms with van der Waals surface area (Å²) in [6.07, 6.45) is 0. The van der Waals surface area contributed by atoms with Crippen LogP contribution in [0.15, 0.2) is 42.5 Å². The summed E-state index contributed by atoms with van der Waals surface area (Å²) in [7, 11) is 0. The van der Waals surface area contributed by atoms with E-state index in [1.807, 2.05) is 0 Å². The second-order valence-electron chi connectivity index (χ2n) is 5.89. The summed E-state index contributed by atoms with van der Waals surface area (Å²) in [5.41, 5.74) is 2.45. The molecule has 3 rings (SSSR count). The maximum Gasteiger partial charge on any atom is 0.252 e. The average Bonchev–Trinajstić information content (AvgIpc) is 2.92. The van der Waals surface area contributed by atoms with E-state index in [9.17, 15) is 24.3 Å². The highest BCUT2D eigenvalue weighted by molar-refractivity contribution is 6.24. The van der Waals surface area contributed by atoms with Crippen LogP contribution in [0.2, 0.25) is 0 Å². The number of nitrogens with one attached hydrogen (secondary N) is 2. The Morgan fingerprint density at radius 3 is 2.35 bits per heavy atom. The average molecular weight is 351 g/mol. The van der Waals surface area contributed by atoms with Gasteiger partial charge in [-0.1, -0.05) is 36.4 Å². The van der Waals surface area contributed by atoms with Crippen molar-refractivity contribution in [1.29, 1.82) is 0 Å². The fourth-order valence-electron chi connectivity index (χ4n) is 2.92. The molecule has 0 heterocycles. The molecule has 2 aromatic rings. The van der Waals surface area contributed by atoms with Gasteiger partial charge in [-0.2, -0.15) is 0 Å². The fraction of sp³-hybridized carbons (Fsp3) is 0.158. The van der Waals surface area contributed by atoms with E-state index in [0.29, 0.717) is 22.3 Å². The van der Waals surface area contributed by atoms with Crippen LogP contribution in [0.4, 0.5) is 0 Å². The highest BCUT2D eigenvalue weighted by Crippen LogP contribution is 2.38. The zero-order chi connectivity index (χ0) is 18.8. The van der Waals surface area contributed by atoms with E-state index in [0.717, 1.165) is 0 Å². The summed E-state index contributed by atoms with van der Waals surface area (Å²) in [6, 6.07) is 10.9. The number of benzene rings is 2. The zero-order valence-corrected chi connectivity index (χ0v) is 13.9. The van der Waals surface area contributed by atoms with E-state index < -0.39 is 30.4 Å². The molecule has 2 amide bonds. The maximum absolute atomic E-state index is 12.6. The Morgan fingerprint density at radius 1 is 1.00 bits per heavy atom. The summed E-state index contributed by atoms with van der Waals surface area (Å²) in [6.45, 7) is 0.798. The fourth-order valence-corrected chi connectivity index (χ4v) is 2.92. The SMILES string of the molecule is C[C@H](NC(=O)c1cccc2c1-c1ccccc1C2=O)C(=O)NCC(=O)[O-].